The Kier molecular flexibility index (Phi) is 7.42. The predicted octanol–water partition coefficient (Wildman–Crippen LogP) is 2.02. The second kappa shape index (κ2) is 10.4. The van der Waals surface area contributed by atoms with Gasteiger partial charge in [-0.25, -0.2) is 0 Å². The maximum atomic E-state index is 11.9. The quantitative estimate of drug-likeness (QED) is 0.555. The molecule has 3 fully saturated rings. The first-order valence-corrected chi connectivity index (χ1v) is 11.9. The van der Waals surface area contributed by atoms with E-state index in [1.165, 1.54) is 5.56 Å². The van der Waals surface area contributed by atoms with Gasteiger partial charge in [-0.05, 0) is 81.9 Å². The molecule has 1 unspecified atom stereocenters. The van der Waals surface area contributed by atoms with Crippen molar-refractivity contribution >= 4 is 23.5 Å². The molecule has 8 nitrogen and oxygen atoms in total. The lowest BCUT2D eigenvalue weighted by atomic mass is 9.88. The largest absolute Gasteiger partial charge is 0.481 e. The summed E-state index contributed by atoms with van der Waals surface area (Å²) in [6.07, 6.45) is 5.71. The number of piperidine rings is 3. The number of carboxylic acid groups (broad SMARTS) is 1. The van der Waals surface area contributed by atoms with Gasteiger partial charge in [-0.1, -0.05) is 12.1 Å². The van der Waals surface area contributed by atoms with Crippen LogP contribution < -0.4 is 10.6 Å². The second-order valence-electron chi connectivity index (χ2n) is 9.30. The predicted molar refractivity (Wildman–Crippen MR) is 121 cm³/mol. The van der Waals surface area contributed by atoms with Crippen LogP contribution in [0.4, 0.5) is 5.69 Å². The Morgan fingerprint density at radius 2 is 1.69 bits per heavy atom. The van der Waals surface area contributed by atoms with E-state index in [0.717, 1.165) is 57.5 Å². The Labute approximate surface area is 189 Å². The molecule has 2 amide bonds. The fourth-order valence-corrected chi connectivity index (χ4v) is 5.24. The van der Waals surface area contributed by atoms with Gasteiger partial charge in [0.1, 0.15) is 6.04 Å². The number of rotatable bonds is 7. The topological polar surface area (TPSA) is 102 Å². The highest BCUT2D eigenvalue weighted by Crippen LogP contribution is 2.31. The van der Waals surface area contributed by atoms with Gasteiger partial charge in [0, 0.05) is 24.7 Å². The van der Waals surface area contributed by atoms with Gasteiger partial charge in [0.25, 0.3) is 0 Å². The number of nitrogens with one attached hydrogen (secondary N) is 2. The van der Waals surface area contributed by atoms with Crippen molar-refractivity contribution in [2.45, 2.75) is 62.9 Å². The summed E-state index contributed by atoms with van der Waals surface area (Å²) in [7, 11) is 0. The van der Waals surface area contributed by atoms with E-state index < -0.39 is 5.97 Å². The molecule has 0 spiro atoms. The number of benzene rings is 1. The summed E-state index contributed by atoms with van der Waals surface area (Å²) < 4.78 is 0. The highest BCUT2D eigenvalue weighted by molar-refractivity contribution is 6.01. The van der Waals surface area contributed by atoms with E-state index in [0.29, 0.717) is 31.3 Å². The summed E-state index contributed by atoms with van der Waals surface area (Å²) in [4.78, 5) is 38.9. The maximum absolute atomic E-state index is 11.9. The molecule has 32 heavy (non-hydrogen) atoms. The smallest absolute Gasteiger partial charge is 0.304 e. The average Bonchev–Trinajstić information content (AvgIpc) is 2.80. The summed E-state index contributed by atoms with van der Waals surface area (Å²) >= 11 is 0. The highest BCUT2D eigenvalue weighted by Gasteiger charge is 2.29. The summed E-state index contributed by atoms with van der Waals surface area (Å²) in [5.41, 5.74) is 2.26. The number of carbonyl (C=O) groups is 3. The monoisotopic (exact) mass is 442 g/mol. The van der Waals surface area contributed by atoms with E-state index in [2.05, 4.69) is 32.6 Å². The Balaban J connectivity index is 1.21. The Morgan fingerprint density at radius 1 is 1.00 bits per heavy atom. The number of hydrogen-bond donors (Lipinski definition) is 3. The molecule has 1 atom stereocenters. The summed E-state index contributed by atoms with van der Waals surface area (Å²) in [5.74, 6) is -0.593. The van der Waals surface area contributed by atoms with E-state index in [-0.39, 0.29) is 24.3 Å². The first-order chi connectivity index (χ1) is 15.5. The van der Waals surface area contributed by atoms with Crippen LogP contribution in [0.15, 0.2) is 24.3 Å². The Bertz CT molecular complexity index is 812. The van der Waals surface area contributed by atoms with Crippen molar-refractivity contribution in [3.63, 3.8) is 0 Å². The summed E-state index contributed by atoms with van der Waals surface area (Å²) in [6, 6.07) is 8.68. The lowest BCUT2D eigenvalue weighted by molar-refractivity contribution is -0.137. The minimum atomic E-state index is -0.714. The molecule has 3 aliphatic rings. The van der Waals surface area contributed by atoms with Crippen LogP contribution in [0.5, 0.6) is 0 Å². The van der Waals surface area contributed by atoms with E-state index in [1.807, 2.05) is 12.1 Å². The Hall–Kier alpha value is -2.45. The van der Waals surface area contributed by atoms with E-state index in [1.54, 1.807) is 0 Å². The third kappa shape index (κ3) is 5.86. The van der Waals surface area contributed by atoms with Gasteiger partial charge >= 0.3 is 5.97 Å². The summed E-state index contributed by atoms with van der Waals surface area (Å²) in [5, 5.41) is 14.5. The van der Waals surface area contributed by atoms with Crippen molar-refractivity contribution in [3.8, 4) is 0 Å². The molecule has 3 saturated heterocycles. The fourth-order valence-electron chi connectivity index (χ4n) is 5.24. The number of hydrogen-bond acceptors (Lipinski definition) is 6. The molecule has 1 aromatic carbocycles. The molecular weight excluding hydrogens is 408 g/mol. The SMILES string of the molecule is O=C(O)CCN1CCC(N2CCC(c3ccc(NC4CCC(=O)NC4=O)cc3)CC2)CC1. The molecule has 0 radical (unpaired) electrons. The molecule has 0 bridgehead atoms. The van der Waals surface area contributed by atoms with Crippen LogP contribution >= 0.6 is 0 Å². The van der Waals surface area contributed by atoms with Crippen molar-refractivity contribution in [2.75, 3.05) is 38.0 Å². The van der Waals surface area contributed by atoms with Gasteiger partial charge in [-0.3, -0.25) is 19.7 Å². The van der Waals surface area contributed by atoms with Gasteiger partial charge in [0.15, 0.2) is 0 Å². The lowest BCUT2D eigenvalue weighted by Gasteiger charge is -2.42. The molecule has 3 aliphatic heterocycles. The first kappa shape index (κ1) is 22.7. The van der Waals surface area contributed by atoms with Crippen LogP contribution in [-0.2, 0) is 14.4 Å². The number of carbonyl (C=O) groups excluding carboxylic acids is 2. The second-order valence-corrected chi connectivity index (χ2v) is 9.30. The van der Waals surface area contributed by atoms with E-state index in [9.17, 15) is 14.4 Å². The van der Waals surface area contributed by atoms with Crippen LogP contribution in [0.2, 0.25) is 0 Å². The van der Waals surface area contributed by atoms with Crippen LogP contribution in [0.3, 0.4) is 0 Å². The minimum absolute atomic E-state index is 0.196. The molecule has 3 heterocycles. The lowest BCUT2D eigenvalue weighted by Crippen LogP contribution is -2.47. The van der Waals surface area contributed by atoms with Gasteiger partial charge in [-0.15, -0.1) is 0 Å². The zero-order chi connectivity index (χ0) is 22.5. The van der Waals surface area contributed by atoms with Crippen LogP contribution in [0.25, 0.3) is 0 Å². The third-order valence-electron chi connectivity index (χ3n) is 7.21. The molecule has 174 valence electrons. The van der Waals surface area contributed by atoms with Gasteiger partial charge < -0.3 is 20.2 Å². The van der Waals surface area contributed by atoms with Crippen molar-refractivity contribution in [2.24, 2.45) is 0 Å². The molecule has 8 heteroatoms. The molecular formula is C24H34N4O4. The minimum Gasteiger partial charge on any atom is -0.481 e. The third-order valence-corrected chi connectivity index (χ3v) is 7.21. The van der Waals surface area contributed by atoms with Crippen molar-refractivity contribution in [1.82, 2.24) is 15.1 Å². The average molecular weight is 443 g/mol. The first-order valence-electron chi connectivity index (χ1n) is 11.9. The number of carboxylic acids is 1. The standard InChI is InChI=1S/C24H34N4O4/c29-22-6-5-21(24(32)26-22)25-19-3-1-17(2-4-19)18-7-15-28(16-8-18)20-9-12-27(13-10-20)14-11-23(30)31/h1-4,18,20-21,25H,5-16H2,(H,30,31)(H,26,29,32). The molecule has 3 N–H and O–H groups in total. The normalized spacial score (nSPS) is 24.3. The van der Waals surface area contributed by atoms with Crippen molar-refractivity contribution in [1.29, 1.82) is 0 Å². The molecule has 0 saturated carbocycles. The van der Waals surface area contributed by atoms with Crippen LogP contribution in [0.1, 0.15) is 56.4 Å². The Morgan fingerprint density at radius 3 is 2.31 bits per heavy atom. The fraction of sp³-hybridized carbons (Fsp3) is 0.625. The molecule has 0 aliphatic carbocycles. The maximum Gasteiger partial charge on any atom is 0.304 e. The van der Waals surface area contributed by atoms with Crippen molar-refractivity contribution in [3.05, 3.63) is 29.8 Å². The number of anilines is 1. The zero-order valence-electron chi connectivity index (χ0n) is 18.6. The van der Waals surface area contributed by atoms with Crippen molar-refractivity contribution < 1.29 is 19.5 Å². The number of likely N-dealkylation sites (tertiary alicyclic amines) is 2. The van der Waals surface area contributed by atoms with E-state index >= 15 is 0 Å². The molecule has 0 aromatic heterocycles. The molecule has 4 rings (SSSR count). The van der Waals surface area contributed by atoms with Crippen LogP contribution in [0, 0.1) is 0 Å². The van der Waals surface area contributed by atoms with E-state index in [4.69, 9.17) is 5.11 Å². The van der Waals surface area contributed by atoms with Gasteiger partial charge in [0.2, 0.25) is 11.8 Å². The van der Waals surface area contributed by atoms with Gasteiger partial charge in [-0.2, -0.15) is 0 Å². The number of nitrogens with zero attached hydrogens (tertiary/aromatic N) is 2. The number of imide groups is 1. The highest BCUT2D eigenvalue weighted by atomic mass is 16.4. The number of aliphatic carboxylic acids is 1. The van der Waals surface area contributed by atoms with Gasteiger partial charge in [0.05, 0.1) is 6.42 Å². The number of amides is 2. The van der Waals surface area contributed by atoms with Crippen LogP contribution in [-0.4, -0.2) is 77.5 Å². The molecule has 1 aromatic rings. The summed E-state index contributed by atoms with van der Waals surface area (Å²) in [6.45, 7) is 4.89. The zero-order valence-corrected chi connectivity index (χ0v) is 18.6.